The Morgan fingerprint density at radius 1 is 1.45 bits per heavy atom. The van der Waals surface area contributed by atoms with Gasteiger partial charge in [-0.2, -0.15) is 5.26 Å². The number of aldehydes is 1. The van der Waals surface area contributed by atoms with E-state index < -0.39 is 0 Å². The number of H-pyrrole nitrogens is 1. The molecule has 0 unspecified atom stereocenters. The van der Waals surface area contributed by atoms with E-state index in [1.165, 1.54) is 0 Å². The molecule has 0 aromatic carbocycles. The van der Waals surface area contributed by atoms with Crippen molar-refractivity contribution in [2.75, 3.05) is 0 Å². The van der Waals surface area contributed by atoms with Crippen molar-refractivity contribution in [1.82, 2.24) is 4.98 Å². The highest BCUT2D eigenvalue weighted by Crippen LogP contribution is 2.14. The van der Waals surface area contributed by atoms with E-state index in [9.17, 15) is 4.79 Å². The molecule has 1 aromatic heterocycles. The molecule has 3 heteroatoms. The summed E-state index contributed by atoms with van der Waals surface area (Å²) in [6.45, 7) is 3.63. The fraction of sp³-hybridized carbons (Fsp3) is 0.250. The minimum absolute atomic E-state index is 0.476. The van der Waals surface area contributed by atoms with E-state index >= 15 is 0 Å². The second-order valence-corrected chi connectivity index (χ2v) is 2.39. The quantitative estimate of drug-likeness (QED) is 0.610. The van der Waals surface area contributed by atoms with Crippen LogP contribution in [0.2, 0.25) is 0 Å². The maximum atomic E-state index is 10.4. The third-order valence-electron chi connectivity index (χ3n) is 1.83. The fourth-order valence-electron chi connectivity index (χ4n) is 0.941. The van der Waals surface area contributed by atoms with Crippen LogP contribution >= 0.6 is 0 Å². The summed E-state index contributed by atoms with van der Waals surface area (Å²) in [6.07, 6.45) is 0.725. The third-order valence-corrected chi connectivity index (χ3v) is 1.83. The molecular weight excluding hydrogens is 140 g/mol. The molecule has 0 amide bonds. The van der Waals surface area contributed by atoms with Gasteiger partial charge in [-0.1, -0.05) is 0 Å². The summed E-state index contributed by atoms with van der Waals surface area (Å²) >= 11 is 0. The first-order chi connectivity index (χ1) is 5.20. The molecule has 3 nitrogen and oxygen atoms in total. The normalized spacial score (nSPS) is 9.18. The SMILES string of the molecule is Cc1c(C#N)[nH]c(C=O)c1C. The highest BCUT2D eigenvalue weighted by molar-refractivity contribution is 5.76. The molecule has 1 N–H and O–H groups in total. The molecule has 0 aliphatic carbocycles. The van der Waals surface area contributed by atoms with Crippen molar-refractivity contribution in [3.63, 3.8) is 0 Å². The summed E-state index contributed by atoms with van der Waals surface area (Å²) < 4.78 is 0. The Hall–Kier alpha value is -1.56. The van der Waals surface area contributed by atoms with Crippen LogP contribution in [0.15, 0.2) is 0 Å². The number of carbonyl (C=O) groups is 1. The second-order valence-electron chi connectivity index (χ2n) is 2.39. The van der Waals surface area contributed by atoms with Crippen molar-refractivity contribution < 1.29 is 4.79 Å². The zero-order valence-electron chi connectivity index (χ0n) is 6.43. The highest BCUT2D eigenvalue weighted by Gasteiger charge is 2.07. The second kappa shape index (κ2) is 2.59. The van der Waals surface area contributed by atoms with Crippen LogP contribution in [0.4, 0.5) is 0 Å². The third kappa shape index (κ3) is 1.03. The Morgan fingerprint density at radius 3 is 2.36 bits per heavy atom. The van der Waals surface area contributed by atoms with Crippen molar-refractivity contribution in [3.8, 4) is 6.07 Å². The lowest BCUT2D eigenvalue weighted by Gasteiger charge is -1.86. The van der Waals surface area contributed by atoms with Gasteiger partial charge in [-0.25, -0.2) is 0 Å². The molecule has 56 valence electrons. The maximum absolute atomic E-state index is 10.4. The molecule has 0 atom stereocenters. The van der Waals surface area contributed by atoms with Crippen LogP contribution in [0.5, 0.6) is 0 Å². The molecule has 1 aromatic rings. The molecule has 11 heavy (non-hydrogen) atoms. The van der Waals surface area contributed by atoms with Crippen LogP contribution in [0.25, 0.3) is 0 Å². The molecular formula is C8H8N2O. The maximum Gasteiger partial charge on any atom is 0.166 e. The van der Waals surface area contributed by atoms with Gasteiger partial charge in [0.25, 0.3) is 0 Å². The van der Waals surface area contributed by atoms with Crippen LogP contribution < -0.4 is 0 Å². The molecule has 0 saturated carbocycles. The zero-order valence-corrected chi connectivity index (χ0v) is 6.43. The summed E-state index contributed by atoms with van der Waals surface area (Å²) in [4.78, 5) is 13.1. The van der Waals surface area contributed by atoms with E-state index in [1.807, 2.05) is 19.9 Å². The number of nitriles is 1. The molecule has 0 saturated heterocycles. The molecule has 0 radical (unpaired) electrons. The number of nitrogens with zero attached hydrogens (tertiary/aromatic N) is 1. The van der Waals surface area contributed by atoms with Gasteiger partial charge in [-0.15, -0.1) is 0 Å². The number of hydrogen-bond donors (Lipinski definition) is 1. The van der Waals surface area contributed by atoms with Gasteiger partial charge in [0.15, 0.2) is 6.29 Å². The van der Waals surface area contributed by atoms with E-state index in [0.717, 1.165) is 17.4 Å². The minimum Gasteiger partial charge on any atom is -0.344 e. The number of hydrogen-bond acceptors (Lipinski definition) is 2. The Balaban J connectivity index is 3.37. The van der Waals surface area contributed by atoms with Crippen LogP contribution in [0.1, 0.15) is 27.3 Å². The summed E-state index contributed by atoms with van der Waals surface area (Å²) in [5, 5.41) is 8.55. The van der Waals surface area contributed by atoms with Gasteiger partial charge in [0.1, 0.15) is 11.8 Å². The van der Waals surface area contributed by atoms with Gasteiger partial charge in [0.2, 0.25) is 0 Å². The standard InChI is InChI=1S/C8H8N2O/c1-5-6(2)8(4-11)10-7(5)3-9/h4,10H,1-2H3. The molecule has 1 heterocycles. The van der Waals surface area contributed by atoms with Crippen molar-refractivity contribution in [3.05, 3.63) is 22.5 Å². The lowest BCUT2D eigenvalue weighted by atomic mass is 10.1. The van der Waals surface area contributed by atoms with Crippen LogP contribution in [-0.4, -0.2) is 11.3 Å². The first-order valence-electron chi connectivity index (χ1n) is 3.25. The van der Waals surface area contributed by atoms with Crippen molar-refractivity contribution in [1.29, 1.82) is 5.26 Å². The topological polar surface area (TPSA) is 56.6 Å². The van der Waals surface area contributed by atoms with Crippen molar-refractivity contribution >= 4 is 6.29 Å². The van der Waals surface area contributed by atoms with Crippen molar-refractivity contribution in [2.24, 2.45) is 0 Å². The van der Waals surface area contributed by atoms with Gasteiger partial charge in [0.05, 0.1) is 5.69 Å². The first kappa shape index (κ1) is 7.55. The van der Waals surface area contributed by atoms with Crippen molar-refractivity contribution in [2.45, 2.75) is 13.8 Å². The van der Waals surface area contributed by atoms with Gasteiger partial charge in [-0.05, 0) is 25.0 Å². The average Bonchev–Trinajstić information content (AvgIpc) is 2.30. The summed E-state index contributed by atoms with van der Waals surface area (Å²) in [6, 6.07) is 1.98. The number of aromatic nitrogens is 1. The number of nitrogens with one attached hydrogen (secondary N) is 1. The molecule has 0 aliphatic heterocycles. The van der Waals surface area contributed by atoms with Gasteiger partial charge >= 0.3 is 0 Å². The first-order valence-corrected chi connectivity index (χ1v) is 3.25. The van der Waals surface area contributed by atoms with Crippen LogP contribution in [0, 0.1) is 25.2 Å². The van der Waals surface area contributed by atoms with E-state index in [4.69, 9.17) is 5.26 Å². The Morgan fingerprint density at radius 2 is 2.09 bits per heavy atom. The van der Waals surface area contributed by atoms with Gasteiger partial charge in [0, 0.05) is 0 Å². The van der Waals surface area contributed by atoms with Crippen LogP contribution in [0.3, 0.4) is 0 Å². The minimum atomic E-state index is 0.476. The monoisotopic (exact) mass is 148 g/mol. The summed E-state index contributed by atoms with van der Waals surface area (Å²) in [7, 11) is 0. The van der Waals surface area contributed by atoms with E-state index in [1.54, 1.807) is 0 Å². The van der Waals surface area contributed by atoms with Gasteiger partial charge < -0.3 is 4.98 Å². The van der Waals surface area contributed by atoms with E-state index in [-0.39, 0.29) is 0 Å². The number of carbonyl (C=O) groups excluding carboxylic acids is 1. The average molecular weight is 148 g/mol. The van der Waals surface area contributed by atoms with E-state index in [0.29, 0.717) is 11.4 Å². The Kier molecular flexibility index (Phi) is 1.77. The lowest BCUT2D eigenvalue weighted by molar-refractivity contribution is 0.111. The number of rotatable bonds is 1. The number of aromatic amines is 1. The van der Waals surface area contributed by atoms with E-state index in [2.05, 4.69) is 4.98 Å². The Labute approximate surface area is 64.7 Å². The molecule has 0 aliphatic rings. The molecule has 0 fully saturated rings. The highest BCUT2D eigenvalue weighted by atomic mass is 16.1. The predicted octanol–water partition coefficient (Wildman–Crippen LogP) is 1.32. The Bertz CT molecular complexity index is 331. The molecule has 0 bridgehead atoms. The fourth-order valence-corrected chi connectivity index (χ4v) is 0.941. The molecule has 0 spiro atoms. The van der Waals surface area contributed by atoms with Gasteiger partial charge in [-0.3, -0.25) is 4.79 Å². The smallest absolute Gasteiger partial charge is 0.166 e. The largest absolute Gasteiger partial charge is 0.344 e. The van der Waals surface area contributed by atoms with Crippen LogP contribution in [-0.2, 0) is 0 Å². The summed E-state index contributed by atoms with van der Waals surface area (Å²) in [5.41, 5.74) is 2.69. The predicted molar refractivity (Wildman–Crippen MR) is 40.4 cm³/mol. The molecule has 1 rings (SSSR count). The lowest BCUT2D eigenvalue weighted by Crippen LogP contribution is -1.81. The zero-order chi connectivity index (χ0) is 8.43. The summed E-state index contributed by atoms with van der Waals surface area (Å²) in [5.74, 6) is 0.